The standard InChI is InChI=1S/C29H22N2O6S/c1-36-26-15-20(9-13-25(26)37-18-19-7-11-24(12-8-19)31(34)35)16-27-28(32)30(29(33)38-27)17-21-6-10-22-4-2-3-5-23(22)14-21/h2-16H,17-18H2,1H3. The van der Waals surface area contributed by atoms with Crippen molar-refractivity contribution in [2.24, 2.45) is 0 Å². The van der Waals surface area contributed by atoms with Crippen molar-refractivity contribution < 1.29 is 24.0 Å². The molecule has 190 valence electrons. The Hall–Kier alpha value is -4.63. The summed E-state index contributed by atoms with van der Waals surface area (Å²) in [5.74, 6) is 0.592. The number of rotatable bonds is 8. The van der Waals surface area contributed by atoms with E-state index in [-0.39, 0.29) is 30.0 Å². The molecule has 1 aliphatic rings. The van der Waals surface area contributed by atoms with E-state index in [0.717, 1.165) is 33.7 Å². The normalized spacial score (nSPS) is 14.3. The lowest BCUT2D eigenvalue weighted by Crippen LogP contribution is -2.27. The molecule has 4 aromatic carbocycles. The molecule has 1 fully saturated rings. The van der Waals surface area contributed by atoms with Gasteiger partial charge in [0.1, 0.15) is 6.61 Å². The van der Waals surface area contributed by atoms with Gasteiger partial charge in [0.25, 0.3) is 16.8 Å². The molecule has 9 heteroatoms. The third-order valence-corrected chi connectivity index (χ3v) is 6.96. The molecule has 8 nitrogen and oxygen atoms in total. The molecule has 0 bridgehead atoms. The number of hydrogen-bond acceptors (Lipinski definition) is 7. The van der Waals surface area contributed by atoms with Crippen LogP contribution in [0.1, 0.15) is 16.7 Å². The quantitative estimate of drug-likeness (QED) is 0.145. The van der Waals surface area contributed by atoms with E-state index in [2.05, 4.69) is 0 Å². The molecule has 0 spiro atoms. The summed E-state index contributed by atoms with van der Waals surface area (Å²) in [6, 6.07) is 25.2. The molecular formula is C29H22N2O6S. The Balaban J connectivity index is 1.28. The number of nitro benzene ring substituents is 1. The fourth-order valence-corrected chi connectivity index (χ4v) is 4.91. The molecule has 0 unspecified atom stereocenters. The number of hydrogen-bond donors (Lipinski definition) is 0. The highest BCUT2D eigenvalue weighted by atomic mass is 32.2. The number of nitro groups is 1. The SMILES string of the molecule is COc1cc(C=C2SC(=O)N(Cc3ccc4ccccc4c3)C2=O)ccc1OCc1ccc([N+](=O)[O-])cc1. The Labute approximate surface area is 222 Å². The van der Waals surface area contributed by atoms with Crippen LogP contribution in [0.15, 0.2) is 89.8 Å². The summed E-state index contributed by atoms with van der Waals surface area (Å²) in [5, 5.41) is 12.7. The lowest BCUT2D eigenvalue weighted by Gasteiger charge is -2.13. The van der Waals surface area contributed by atoms with Gasteiger partial charge in [-0.3, -0.25) is 24.6 Å². The minimum Gasteiger partial charge on any atom is -0.493 e. The van der Waals surface area contributed by atoms with E-state index in [1.807, 2.05) is 42.5 Å². The Bertz CT molecular complexity index is 1580. The minimum atomic E-state index is -0.454. The van der Waals surface area contributed by atoms with Gasteiger partial charge in [-0.25, -0.2) is 0 Å². The Morgan fingerprint density at radius 2 is 1.63 bits per heavy atom. The number of fused-ring (bicyclic) bond motifs is 1. The van der Waals surface area contributed by atoms with E-state index in [4.69, 9.17) is 9.47 Å². The second-order valence-corrected chi connectivity index (χ2v) is 9.57. The van der Waals surface area contributed by atoms with Crippen molar-refractivity contribution in [2.45, 2.75) is 13.2 Å². The van der Waals surface area contributed by atoms with Crippen molar-refractivity contribution in [1.82, 2.24) is 4.90 Å². The van der Waals surface area contributed by atoms with Crippen molar-refractivity contribution in [2.75, 3.05) is 7.11 Å². The van der Waals surface area contributed by atoms with E-state index in [9.17, 15) is 19.7 Å². The number of non-ortho nitro benzene ring substituents is 1. The van der Waals surface area contributed by atoms with Crippen LogP contribution in [-0.2, 0) is 17.9 Å². The van der Waals surface area contributed by atoms with E-state index in [1.165, 1.54) is 24.1 Å². The third-order valence-electron chi connectivity index (χ3n) is 6.06. The average Bonchev–Trinajstić information content (AvgIpc) is 3.19. The molecule has 0 aliphatic carbocycles. The number of amides is 2. The lowest BCUT2D eigenvalue weighted by atomic mass is 10.1. The topological polar surface area (TPSA) is 99.0 Å². The largest absolute Gasteiger partial charge is 0.493 e. The molecule has 4 aromatic rings. The molecule has 1 aliphatic heterocycles. The highest BCUT2D eigenvalue weighted by Crippen LogP contribution is 2.35. The second-order valence-electron chi connectivity index (χ2n) is 8.57. The number of benzene rings is 4. The smallest absolute Gasteiger partial charge is 0.293 e. The Morgan fingerprint density at radius 1 is 0.895 bits per heavy atom. The summed E-state index contributed by atoms with van der Waals surface area (Å²) in [5.41, 5.74) is 2.34. The molecule has 2 amide bonds. The van der Waals surface area contributed by atoms with E-state index >= 15 is 0 Å². The van der Waals surface area contributed by atoms with Gasteiger partial charge < -0.3 is 9.47 Å². The van der Waals surface area contributed by atoms with Gasteiger partial charge in [0, 0.05) is 12.1 Å². The van der Waals surface area contributed by atoms with Gasteiger partial charge in [-0.15, -0.1) is 0 Å². The molecule has 0 N–H and O–H groups in total. The van der Waals surface area contributed by atoms with Crippen LogP contribution in [0.4, 0.5) is 10.5 Å². The number of carbonyl (C=O) groups is 2. The minimum absolute atomic E-state index is 0.0114. The van der Waals surface area contributed by atoms with Gasteiger partial charge in [-0.05, 0) is 75.6 Å². The molecule has 0 radical (unpaired) electrons. The highest BCUT2D eigenvalue weighted by molar-refractivity contribution is 8.18. The second kappa shape index (κ2) is 10.8. The summed E-state index contributed by atoms with van der Waals surface area (Å²) >= 11 is 0.906. The van der Waals surface area contributed by atoms with Crippen molar-refractivity contribution in [3.8, 4) is 11.5 Å². The molecule has 0 saturated carbocycles. The maximum absolute atomic E-state index is 13.1. The van der Waals surface area contributed by atoms with Gasteiger partial charge in [0.2, 0.25) is 0 Å². The molecular weight excluding hydrogens is 504 g/mol. The van der Waals surface area contributed by atoms with Crippen molar-refractivity contribution in [3.63, 3.8) is 0 Å². The molecule has 0 atom stereocenters. The first-order valence-electron chi connectivity index (χ1n) is 11.7. The van der Waals surface area contributed by atoms with Crippen molar-refractivity contribution in [1.29, 1.82) is 0 Å². The fraction of sp³-hybridized carbons (Fsp3) is 0.103. The summed E-state index contributed by atoms with van der Waals surface area (Å²) in [6.07, 6.45) is 1.66. The molecule has 1 heterocycles. The van der Waals surface area contributed by atoms with Crippen LogP contribution >= 0.6 is 11.8 Å². The summed E-state index contributed by atoms with van der Waals surface area (Å²) in [6.45, 7) is 0.396. The van der Waals surface area contributed by atoms with Crippen LogP contribution in [0.25, 0.3) is 16.8 Å². The van der Waals surface area contributed by atoms with Crippen LogP contribution < -0.4 is 9.47 Å². The predicted molar refractivity (Wildman–Crippen MR) is 146 cm³/mol. The molecule has 0 aromatic heterocycles. The maximum atomic E-state index is 13.1. The monoisotopic (exact) mass is 526 g/mol. The van der Waals surface area contributed by atoms with E-state index in [0.29, 0.717) is 22.0 Å². The summed E-state index contributed by atoms with van der Waals surface area (Å²) < 4.78 is 11.3. The highest BCUT2D eigenvalue weighted by Gasteiger charge is 2.35. The van der Waals surface area contributed by atoms with Crippen LogP contribution in [-0.4, -0.2) is 28.1 Å². The Kier molecular flexibility index (Phi) is 7.10. The molecule has 5 rings (SSSR count). The maximum Gasteiger partial charge on any atom is 0.293 e. The van der Waals surface area contributed by atoms with Gasteiger partial charge in [-0.2, -0.15) is 0 Å². The van der Waals surface area contributed by atoms with Crippen molar-refractivity contribution in [3.05, 3.63) is 117 Å². The van der Waals surface area contributed by atoms with Crippen LogP contribution in [0.3, 0.4) is 0 Å². The lowest BCUT2D eigenvalue weighted by molar-refractivity contribution is -0.384. The average molecular weight is 527 g/mol. The van der Waals surface area contributed by atoms with Gasteiger partial charge in [0.15, 0.2) is 11.5 Å². The number of thioether (sulfide) groups is 1. The number of ether oxygens (including phenoxy) is 2. The first-order valence-corrected chi connectivity index (χ1v) is 12.5. The fourth-order valence-electron chi connectivity index (χ4n) is 4.08. The third kappa shape index (κ3) is 5.37. The number of nitrogens with zero attached hydrogens (tertiary/aromatic N) is 2. The summed E-state index contributed by atoms with van der Waals surface area (Å²) in [7, 11) is 1.51. The number of carbonyl (C=O) groups excluding carboxylic acids is 2. The molecule has 1 saturated heterocycles. The van der Waals surface area contributed by atoms with E-state index < -0.39 is 4.92 Å². The number of imide groups is 1. The zero-order chi connectivity index (χ0) is 26.6. The van der Waals surface area contributed by atoms with Crippen molar-refractivity contribution >= 4 is 45.4 Å². The van der Waals surface area contributed by atoms with Gasteiger partial charge in [-0.1, -0.05) is 42.5 Å². The van der Waals surface area contributed by atoms with E-state index in [1.54, 1.807) is 36.4 Å². The first-order chi connectivity index (χ1) is 18.4. The summed E-state index contributed by atoms with van der Waals surface area (Å²) in [4.78, 5) is 37.7. The van der Waals surface area contributed by atoms with Crippen LogP contribution in [0, 0.1) is 10.1 Å². The van der Waals surface area contributed by atoms with Crippen LogP contribution in [0.5, 0.6) is 11.5 Å². The Morgan fingerprint density at radius 3 is 2.37 bits per heavy atom. The van der Waals surface area contributed by atoms with Gasteiger partial charge >= 0.3 is 0 Å². The van der Waals surface area contributed by atoms with Gasteiger partial charge in [0.05, 0.1) is 23.5 Å². The number of methoxy groups -OCH3 is 1. The molecule has 38 heavy (non-hydrogen) atoms. The first kappa shape index (κ1) is 25.0. The zero-order valence-corrected chi connectivity index (χ0v) is 21.1. The predicted octanol–water partition coefficient (Wildman–Crippen LogP) is 6.57. The zero-order valence-electron chi connectivity index (χ0n) is 20.3. The van der Waals surface area contributed by atoms with Crippen LogP contribution in [0.2, 0.25) is 0 Å².